The van der Waals surface area contributed by atoms with Gasteiger partial charge in [-0.25, -0.2) is 0 Å². The van der Waals surface area contributed by atoms with Crippen molar-refractivity contribution in [3.8, 4) is 0 Å². The summed E-state index contributed by atoms with van der Waals surface area (Å²) in [5, 5.41) is 4.94. The Labute approximate surface area is 125 Å². The number of furan rings is 1. The second kappa shape index (κ2) is 6.23. The molecule has 0 saturated carbocycles. The Hall–Kier alpha value is -0.930. The van der Waals surface area contributed by atoms with Crippen LogP contribution in [0.25, 0.3) is 11.0 Å². The number of benzene rings is 1. The van der Waals surface area contributed by atoms with E-state index in [0.717, 1.165) is 30.2 Å². The molecule has 3 heteroatoms. The highest BCUT2D eigenvalue weighted by atomic mass is 32.2. The summed E-state index contributed by atoms with van der Waals surface area (Å²) in [5.41, 5.74) is 2.38. The molecular weight excluding hydrogens is 266 g/mol. The fourth-order valence-corrected chi connectivity index (χ4v) is 4.30. The molecule has 2 nitrogen and oxygen atoms in total. The third-order valence-corrected chi connectivity index (χ3v) is 5.44. The van der Waals surface area contributed by atoms with Crippen LogP contribution in [-0.2, 0) is 6.42 Å². The molecule has 1 aliphatic rings. The van der Waals surface area contributed by atoms with E-state index in [2.05, 4.69) is 49.1 Å². The maximum absolute atomic E-state index is 6.10. The van der Waals surface area contributed by atoms with Gasteiger partial charge in [0.2, 0.25) is 0 Å². The van der Waals surface area contributed by atoms with Crippen molar-refractivity contribution in [1.29, 1.82) is 0 Å². The lowest BCUT2D eigenvalue weighted by atomic mass is 10.0. The summed E-state index contributed by atoms with van der Waals surface area (Å²) in [6.45, 7) is 5.54. The molecule has 1 aromatic carbocycles. The molecule has 0 aliphatic carbocycles. The number of hydrogen-bond acceptors (Lipinski definition) is 3. The van der Waals surface area contributed by atoms with E-state index < -0.39 is 0 Å². The molecule has 2 atom stereocenters. The Balaban J connectivity index is 1.77. The molecule has 3 rings (SSSR count). The van der Waals surface area contributed by atoms with Crippen LogP contribution in [-0.4, -0.2) is 18.1 Å². The van der Waals surface area contributed by atoms with Crippen molar-refractivity contribution in [3.63, 3.8) is 0 Å². The van der Waals surface area contributed by atoms with E-state index in [1.54, 1.807) is 0 Å². The first kappa shape index (κ1) is 14.0. The third-order valence-electron chi connectivity index (χ3n) is 4.21. The highest BCUT2D eigenvalue weighted by molar-refractivity contribution is 7.99. The second-order valence-electron chi connectivity index (χ2n) is 5.65. The van der Waals surface area contributed by atoms with Crippen LogP contribution < -0.4 is 5.32 Å². The van der Waals surface area contributed by atoms with Crippen molar-refractivity contribution >= 4 is 22.7 Å². The van der Waals surface area contributed by atoms with Gasteiger partial charge in [0.25, 0.3) is 0 Å². The molecular formula is C17H23NOS. The van der Waals surface area contributed by atoms with Crippen molar-refractivity contribution in [3.05, 3.63) is 35.6 Å². The summed E-state index contributed by atoms with van der Waals surface area (Å²) >= 11 is 2.08. The molecule has 1 N–H and O–H groups in total. The molecule has 1 aromatic heterocycles. The average Bonchev–Trinajstić information content (AvgIpc) is 3.11. The molecule has 108 valence electrons. The summed E-state index contributed by atoms with van der Waals surface area (Å²) in [4.78, 5) is 0. The van der Waals surface area contributed by atoms with Crippen LogP contribution in [0.5, 0.6) is 0 Å². The van der Waals surface area contributed by atoms with Gasteiger partial charge in [0, 0.05) is 10.9 Å². The number of hydrogen-bond donors (Lipinski definition) is 1. The normalized spacial score (nSPS) is 20.6. The number of para-hydroxylation sites is 1. The van der Waals surface area contributed by atoms with Crippen molar-refractivity contribution in [2.24, 2.45) is 5.92 Å². The van der Waals surface area contributed by atoms with Gasteiger partial charge < -0.3 is 9.73 Å². The maximum Gasteiger partial charge on any atom is 0.134 e. The molecule has 0 radical (unpaired) electrons. The van der Waals surface area contributed by atoms with Crippen LogP contribution in [0.15, 0.2) is 28.7 Å². The Morgan fingerprint density at radius 1 is 1.40 bits per heavy atom. The smallest absolute Gasteiger partial charge is 0.134 e. The van der Waals surface area contributed by atoms with Gasteiger partial charge in [-0.2, -0.15) is 11.8 Å². The number of rotatable bonds is 5. The first-order valence-electron chi connectivity index (χ1n) is 7.61. The highest BCUT2D eigenvalue weighted by Crippen LogP contribution is 2.31. The lowest BCUT2D eigenvalue weighted by Gasteiger charge is -2.16. The van der Waals surface area contributed by atoms with Gasteiger partial charge in [0.1, 0.15) is 11.3 Å². The maximum atomic E-state index is 6.10. The zero-order valence-corrected chi connectivity index (χ0v) is 13.1. The molecule has 20 heavy (non-hydrogen) atoms. The zero-order chi connectivity index (χ0) is 13.9. The molecule has 1 saturated heterocycles. The average molecular weight is 289 g/mol. The quantitative estimate of drug-likeness (QED) is 0.883. The lowest BCUT2D eigenvalue weighted by Crippen LogP contribution is -2.26. The minimum absolute atomic E-state index is 0.294. The summed E-state index contributed by atoms with van der Waals surface area (Å²) in [6.07, 6.45) is 2.38. The number of thioether (sulfide) groups is 1. The summed E-state index contributed by atoms with van der Waals surface area (Å²) in [5.74, 6) is 4.59. The van der Waals surface area contributed by atoms with Crippen LogP contribution in [0.1, 0.15) is 37.6 Å². The van der Waals surface area contributed by atoms with Gasteiger partial charge in [-0.1, -0.05) is 25.1 Å². The van der Waals surface area contributed by atoms with E-state index in [9.17, 15) is 0 Å². The predicted octanol–water partition coefficient (Wildman–Crippen LogP) is 4.40. The molecule has 0 amide bonds. The molecule has 1 fully saturated rings. The SMILES string of the molecule is CCc1c(C(C)NCC2CCSC2)oc2ccccc12. The predicted molar refractivity (Wildman–Crippen MR) is 87.4 cm³/mol. The third kappa shape index (κ3) is 2.75. The van der Waals surface area contributed by atoms with Crippen molar-refractivity contribution < 1.29 is 4.42 Å². The van der Waals surface area contributed by atoms with E-state index in [0.29, 0.717) is 6.04 Å². The highest BCUT2D eigenvalue weighted by Gasteiger charge is 2.20. The number of fused-ring (bicyclic) bond motifs is 1. The Kier molecular flexibility index (Phi) is 4.37. The van der Waals surface area contributed by atoms with Crippen molar-refractivity contribution in [2.75, 3.05) is 18.1 Å². The number of aryl methyl sites for hydroxylation is 1. The van der Waals surface area contributed by atoms with E-state index in [1.807, 2.05) is 6.07 Å². The van der Waals surface area contributed by atoms with Crippen LogP contribution in [0, 0.1) is 5.92 Å². The molecule has 2 heterocycles. The molecule has 0 bridgehead atoms. The van der Waals surface area contributed by atoms with Crippen LogP contribution in [0.2, 0.25) is 0 Å². The van der Waals surface area contributed by atoms with Crippen molar-refractivity contribution in [1.82, 2.24) is 5.32 Å². The van der Waals surface area contributed by atoms with Gasteiger partial charge in [-0.3, -0.25) is 0 Å². The topological polar surface area (TPSA) is 25.2 Å². The van der Waals surface area contributed by atoms with Crippen LogP contribution >= 0.6 is 11.8 Å². The molecule has 0 spiro atoms. The van der Waals surface area contributed by atoms with Crippen LogP contribution in [0.3, 0.4) is 0 Å². The summed E-state index contributed by atoms with van der Waals surface area (Å²) in [6, 6.07) is 8.67. The molecule has 1 aliphatic heterocycles. The summed E-state index contributed by atoms with van der Waals surface area (Å²) < 4.78 is 6.10. The summed E-state index contributed by atoms with van der Waals surface area (Å²) in [7, 11) is 0. The van der Waals surface area contributed by atoms with E-state index in [-0.39, 0.29) is 0 Å². The fraction of sp³-hybridized carbons (Fsp3) is 0.529. The fourth-order valence-electron chi connectivity index (χ4n) is 3.01. The first-order chi connectivity index (χ1) is 9.79. The van der Waals surface area contributed by atoms with Gasteiger partial charge in [0.05, 0.1) is 6.04 Å². The minimum atomic E-state index is 0.294. The standard InChI is InChI=1S/C17H23NOS/c1-3-14-15-6-4-5-7-16(15)19-17(14)12(2)18-10-13-8-9-20-11-13/h4-7,12-13,18H,3,8-11H2,1-2H3. The monoisotopic (exact) mass is 289 g/mol. The van der Waals surface area contributed by atoms with Gasteiger partial charge in [-0.05, 0) is 49.8 Å². The Morgan fingerprint density at radius 3 is 3.00 bits per heavy atom. The zero-order valence-electron chi connectivity index (χ0n) is 12.3. The van der Waals surface area contributed by atoms with Gasteiger partial charge in [-0.15, -0.1) is 0 Å². The Morgan fingerprint density at radius 2 is 2.25 bits per heavy atom. The van der Waals surface area contributed by atoms with Crippen molar-refractivity contribution in [2.45, 2.75) is 32.7 Å². The van der Waals surface area contributed by atoms with Gasteiger partial charge in [0.15, 0.2) is 0 Å². The van der Waals surface area contributed by atoms with E-state index in [4.69, 9.17) is 4.42 Å². The second-order valence-corrected chi connectivity index (χ2v) is 6.80. The first-order valence-corrected chi connectivity index (χ1v) is 8.76. The van der Waals surface area contributed by atoms with E-state index >= 15 is 0 Å². The Bertz CT molecular complexity index is 571. The van der Waals surface area contributed by atoms with Gasteiger partial charge >= 0.3 is 0 Å². The van der Waals surface area contributed by atoms with E-state index in [1.165, 1.54) is 28.9 Å². The number of nitrogens with one attached hydrogen (secondary N) is 1. The minimum Gasteiger partial charge on any atom is -0.459 e. The molecule has 2 aromatic rings. The van der Waals surface area contributed by atoms with Crippen LogP contribution in [0.4, 0.5) is 0 Å². The lowest BCUT2D eigenvalue weighted by molar-refractivity contribution is 0.416. The molecule has 2 unspecified atom stereocenters. The largest absolute Gasteiger partial charge is 0.459 e.